The SMILES string of the molecule is CNCCN1C(=O)CCC2CN(C(=O)C=Cc3cnn(C)c3)CCC21. The van der Waals surface area contributed by atoms with E-state index in [2.05, 4.69) is 10.4 Å². The Morgan fingerprint density at radius 3 is 3.00 bits per heavy atom. The summed E-state index contributed by atoms with van der Waals surface area (Å²) in [5, 5.41) is 7.22. The first-order valence-electron chi connectivity index (χ1n) is 8.98. The molecule has 1 aromatic rings. The number of piperidine rings is 2. The minimum absolute atomic E-state index is 0.0426. The van der Waals surface area contributed by atoms with Gasteiger partial charge in [0.15, 0.2) is 0 Å². The highest BCUT2D eigenvalue weighted by molar-refractivity contribution is 5.91. The van der Waals surface area contributed by atoms with E-state index in [1.807, 2.05) is 36.2 Å². The number of nitrogens with zero attached hydrogens (tertiary/aromatic N) is 4. The maximum absolute atomic E-state index is 12.5. The molecule has 0 aliphatic carbocycles. The summed E-state index contributed by atoms with van der Waals surface area (Å²) in [5.74, 6) is 0.688. The molecule has 0 radical (unpaired) electrons. The summed E-state index contributed by atoms with van der Waals surface area (Å²) in [6, 6.07) is 0.279. The van der Waals surface area contributed by atoms with Gasteiger partial charge < -0.3 is 15.1 Å². The molecule has 136 valence electrons. The third kappa shape index (κ3) is 4.10. The highest BCUT2D eigenvalue weighted by Crippen LogP contribution is 2.31. The number of fused-ring (bicyclic) bond motifs is 1. The van der Waals surface area contributed by atoms with Gasteiger partial charge in [0.05, 0.1) is 6.20 Å². The molecule has 2 amide bonds. The van der Waals surface area contributed by atoms with Crippen molar-refractivity contribution < 1.29 is 9.59 Å². The lowest BCUT2D eigenvalue weighted by molar-refractivity contribution is -0.142. The molecule has 2 fully saturated rings. The number of aromatic nitrogens is 2. The fourth-order valence-electron chi connectivity index (χ4n) is 3.87. The lowest BCUT2D eigenvalue weighted by Gasteiger charge is -2.47. The van der Waals surface area contributed by atoms with E-state index >= 15 is 0 Å². The maximum Gasteiger partial charge on any atom is 0.246 e. The molecule has 25 heavy (non-hydrogen) atoms. The van der Waals surface area contributed by atoms with Crippen LogP contribution in [0.3, 0.4) is 0 Å². The summed E-state index contributed by atoms with van der Waals surface area (Å²) < 4.78 is 1.72. The third-order valence-corrected chi connectivity index (χ3v) is 5.20. The molecule has 2 aliphatic rings. The first kappa shape index (κ1) is 17.7. The van der Waals surface area contributed by atoms with Gasteiger partial charge in [-0.05, 0) is 31.9 Å². The van der Waals surface area contributed by atoms with E-state index in [-0.39, 0.29) is 17.9 Å². The third-order valence-electron chi connectivity index (χ3n) is 5.20. The van der Waals surface area contributed by atoms with Crippen LogP contribution in [0.15, 0.2) is 18.5 Å². The highest BCUT2D eigenvalue weighted by Gasteiger charge is 2.39. The number of hydrogen-bond donors (Lipinski definition) is 1. The van der Waals surface area contributed by atoms with Crippen molar-refractivity contribution in [2.75, 3.05) is 33.2 Å². The van der Waals surface area contributed by atoms with Crippen LogP contribution >= 0.6 is 0 Å². The Kier molecular flexibility index (Phi) is 5.53. The van der Waals surface area contributed by atoms with Crippen LogP contribution in [0.2, 0.25) is 0 Å². The zero-order valence-corrected chi connectivity index (χ0v) is 15.0. The quantitative estimate of drug-likeness (QED) is 0.789. The van der Waals surface area contributed by atoms with Gasteiger partial charge in [0.25, 0.3) is 0 Å². The van der Waals surface area contributed by atoms with Gasteiger partial charge in [-0.25, -0.2) is 0 Å². The Bertz CT molecular complexity index is 654. The normalized spacial score (nSPS) is 24.0. The maximum atomic E-state index is 12.5. The van der Waals surface area contributed by atoms with Crippen LogP contribution < -0.4 is 5.32 Å². The van der Waals surface area contributed by atoms with Crippen LogP contribution in [0.25, 0.3) is 6.08 Å². The Hall–Kier alpha value is -2.15. The lowest BCUT2D eigenvalue weighted by Crippen LogP contribution is -2.57. The van der Waals surface area contributed by atoms with Crippen molar-refractivity contribution in [2.45, 2.75) is 25.3 Å². The summed E-state index contributed by atoms with van der Waals surface area (Å²) in [7, 11) is 3.76. The van der Waals surface area contributed by atoms with E-state index in [1.165, 1.54) is 0 Å². The summed E-state index contributed by atoms with van der Waals surface area (Å²) in [6.45, 7) is 3.02. The van der Waals surface area contributed by atoms with Gasteiger partial charge in [-0.1, -0.05) is 0 Å². The van der Waals surface area contributed by atoms with Crippen LogP contribution in [0.4, 0.5) is 0 Å². The van der Waals surface area contributed by atoms with Crippen molar-refractivity contribution in [3.05, 3.63) is 24.0 Å². The van der Waals surface area contributed by atoms with Gasteiger partial charge in [-0.3, -0.25) is 14.3 Å². The molecule has 7 heteroatoms. The lowest BCUT2D eigenvalue weighted by atomic mass is 9.83. The number of likely N-dealkylation sites (tertiary alicyclic amines) is 2. The first-order valence-corrected chi connectivity index (χ1v) is 8.98. The molecule has 2 saturated heterocycles. The number of hydrogen-bond acceptors (Lipinski definition) is 4. The predicted octanol–water partition coefficient (Wildman–Crippen LogP) is 0.492. The molecule has 7 nitrogen and oxygen atoms in total. The first-order chi connectivity index (χ1) is 12.1. The summed E-state index contributed by atoms with van der Waals surface area (Å²) in [5.41, 5.74) is 0.923. The molecular formula is C18H27N5O2. The van der Waals surface area contributed by atoms with Crippen molar-refractivity contribution in [1.82, 2.24) is 24.9 Å². The summed E-state index contributed by atoms with van der Waals surface area (Å²) >= 11 is 0. The van der Waals surface area contributed by atoms with Gasteiger partial charge in [0, 0.05) is 63.5 Å². The summed E-state index contributed by atoms with van der Waals surface area (Å²) in [4.78, 5) is 28.7. The van der Waals surface area contributed by atoms with Crippen molar-refractivity contribution >= 4 is 17.9 Å². The van der Waals surface area contributed by atoms with Crippen molar-refractivity contribution in [1.29, 1.82) is 0 Å². The van der Waals surface area contributed by atoms with Gasteiger partial charge in [-0.2, -0.15) is 5.10 Å². The van der Waals surface area contributed by atoms with Gasteiger partial charge in [-0.15, -0.1) is 0 Å². The highest BCUT2D eigenvalue weighted by atomic mass is 16.2. The number of likely N-dealkylation sites (N-methyl/N-ethyl adjacent to an activating group) is 1. The number of amides is 2. The second-order valence-electron chi connectivity index (χ2n) is 6.91. The minimum Gasteiger partial charge on any atom is -0.339 e. The molecule has 0 bridgehead atoms. The topological polar surface area (TPSA) is 70.5 Å². The van der Waals surface area contributed by atoms with E-state index in [9.17, 15) is 9.59 Å². The van der Waals surface area contributed by atoms with Gasteiger partial charge in [0.2, 0.25) is 11.8 Å². The van der Waals surface area contributed by atoms with E-state index in [0.717, 1.165) is 38.0 Å². The molecule has 0 spiro atoms. The summed E-state index contributed by atoms with van der Waals surface area (Å²) in [6.07, 6.45) is 9.40. The van der Waals surface area contributed by atoms with Crippen LogP contribution in [0.1, 0.15) is 24.8 Å². The molecule has 2 unspecified atom stereocenters. The second kappa shape index (κ2) is 7.82. The molecule has 0 aromatic carbocycles. The molecule has 3 heterocycles. The average Bonchev–Trinajstić information content (AvgIpc) is 3.04. The molecule has 3 rings (SSSR count). The molecular weight excluding hydrogens is 318 g/mol. The van der Waals surface area contributed by atoms with Crippen LogP contribution in [0.5, 0.6) is 0 Å². The standard InChI is InChI=1S/C18H27N5O2/c1-19-8-10-23-16-7-9-22(13-15(16)4-6-18(23)25)17(24)5-3-14-11-20-21(2)12-14/h3,5,11-12,15-16,19H,4,6-10,13H2,1-2H3. The predicted molar refractivity (Wildman–Crippen MR) is 95.6 cm³/mol. The average molecular weight is 345 g/mol. The minimum atomic E-state index is 0.0426. The number of carbonyl (C=O) groups excluding carboxylic acids is 2. The molecule has 1 aromatic heterocycles. The zero-order chi connectivity index (χ0) is 17.8. The Balaban J connectivity index is 1.60. The number of aryl methyl sites for hydroxylation is 1. The molecule has 1 N–H and O–H groups in total. The van der Waals surface area contributed by atoms with Crippen molar-refractivity contribution in [3.8, 4) is 0 Å². The van der Waals surface area contributed by atoms with Crippen LogP contribution in [0, 0.1) is 5.92 Å². The fraction of sp³-hybridized carbons (Fsp3) is 0.611. The van der Waals surface area contributed by atoms with E-state index < -0.39 is 0 Å². The Morgan fingerprint density at radius 1 is 1.44 bits per heavy atom. The van der Waals surface area contributed by atoms with Crippen molar-refractivity contribution in [3.63, 3.8) is 0 Å². The van der Waals surface area contributed by atoms with Crippen LogP contribution in [-0.2, 0) is 16.6 Å². The number of carbonyl (C=O) groups is 2. The smallest absolute Gasteiger partial charge is 0.246 e. The van der Waals surface area contributed by atoms with Crippen molar-refractivity contribution in [2.24, 2.45) is 13.0 Å². The molecule has 2 atom stereocenters. The molecule has 0 saturated carbocycles. The van der Waals surface area contributed by atoms with E-state index in [4.69, 9.17) is 0 Å². The number of nitrogens with one attached hydrogen (secondary N) is 1. The zero-order valence-electron chi connectivity index (χ0n) is 15.0. The van der Waals surface area contributed by atoms with E-state index in [1.54, 1.807) is 17.0 Å². The largest absolute Gasteiger partial charge is 0.339 e. The van der Waals surface area contributed by atoms with Gasteiger partial charge >= 0.3 is 0 Å². The number of rotatable bonds is 5. The van der Waals surface area contributed by atoms with Crippen LogP contribution in [-0.4, -0.2) is 70.7 Å². The Morgan fingerprint density at radius 2 is 2.28 bits per heavy atom. The second-order valence-corrected chi connectivity index (χ2v) is 6.91. The molecule has 2 aliphatic heterocycles. The Labute approximate surface area is 148 Å². The fourth-order valence-corrected chi connectivity index (χ4v) is 3.87. The van der Waals surface area contributed by atoms with E-state index in [0.29, 0.717) is 18.9 Å². The monoisotopic (exact) mass is 345 g/mol. The van der Waals surface area contributed by atoms with Gasteiger partial charge in [0.1, 0.15) is 0 Å².